The molecule has 3 aromatic rings. The molecule has 0 aliphatic heterocycles. The second-order valence-electron chi connectivity index (χ2n) is 5.44. The molecule has 1 aromatic heterocycles. The zero-order chi connectivity index (χ0) is 17.6. The molecule has 5 nitrogen and oxygen atoms in total. The van der Waals surface area contributed by atoms with Crippen LogP contribution >= 0.6 is 11.3 Å². The van der Waals surface area contributed by atoms with Crippen LogP contribution < -0.4 is 15.4 Å². The minimum Gasteiger partial charge on any atom is -0.494 e. The number of anilines is 2. The van der Waals surface area contributed by atoms with Gasteiger partial charge in [-0.05, 0) is 38.1 Å². The highest BCUT2D eigenvalue weighted by Gasteiger charge is 2.08. The quantitative estimate of drug-likeness (QED) is 0.666. The van der Waals surface area contributed by atoms with Crippen molar-refractivity contribution in [3.05, 3.63) is 59.5 Å². The topological polar surface area (TPSA) is 63.2 Å². The van der Waals surface area contributed by atoms with Gasteiger partial charge in [-0.25, -0.2) is 9.78 Å². The zero-order valence-corrected chi connectivity index (χ0v) is 14.9. The molecule has 128 valence electrons. The first-order valence-corrected chi connectivity index (χ1v) is 8.85. The number of aryl methyl sites for hydroxylation is 1. The number of thiazole rings is 1. The number of aromatic nitrogens is 1. The van der Waals surface area contributed by atoms with Crippen LogP contribution in [0, 0.1) is 6.92 Å². The molecule has 2 aromatic carbocycles. The van der Waals surface area contributed by atoms with Crippen LogP contribution in [0.1, 0.15) is 12.5 Å². The Morgan fingerprint density at radius 2 is 1.80 bits per heavy atom. The van der Waals surface area contributed by atoms with Crippen LogP contribution in [0.25, 0.3) is 11.3 Å². The van der Waals surface area contributed by atoms with Gasteiger partial charge in [-0.1, -0.05) is 29.8 Å². The first-order chi connectivity index (χ1) is 12.1. The Kier molecular flexibility index (Phi) is 5.30. The monoisotopic (exact) mass is 353 g/mol. The zero-order valence-electron chi connectivity index (χ0n) is 14.1. The van der Waals surface area contributed by atoms with Crippen LogP contribution in [0.3, 0.4) is 0 Å². The Morgan fingerprint density at radius 3 is 2.48 bits per heavy atom. The summed E-state index contributed by atoms with van der Waals surface area (Å²) in [6.45, 7) is 4.59. The van der Waals surface area contributed by atoms with Crippen LogP contribution in [0.4, 0.5) is 15.6 Å². The van der Waals surface area contributed by atoms with Crippen LogP contribution in [0.5, 0.6) is 5.75 Å². The molecule has 2 amide bonds. The van der Waals surface area contributed by atoms with E-state index in [-0.39, 0.29) is 6.03 Å². The third-order valence-electron chi connectivity index (χ3n) is 3.50. The molecule has 6 heteroatoms. The van der Waals surface area contributed by atoms with Crippen LogP contribution in [0.15, 0.2) is 53.9 Å². The molecule has 0 fully saturated rings. The summed E-state index contributed by atoms with van der Waals surface area (Å²) in [5.41, 5.74) is 3.77. The van der Waals surface area contributed by atoms with Crippen molar-refractivity contribution >= 4 is 28.2 Å². The van der Waals surface area contributed by atoms with E-state index in [1.165, 1.54) is 16.9 Å². The number of ether oxygens (including phenoxy) is 1. The van der Waals surface area contributed by atoms with E-state index in [4.69, 9.17) is 4.74 Å². The molecule has 25 heavy (non-hydrogen) atoms. The van der Waals surface area contributed by atoms with Gasteiger partial charge >= 0.3 is 6.03 Å². The van der Waals surface area contributed by atoms with E-state index in [1.807, 2.05) is 55.6 Å². The number of amides is 2. The average Bonchev–Trinajstić information content (AvgIpc) is 3.06. The summed E-state index contributed by atoms with van der Waals surface area (Å²) in [4.78, 5) is 16.6. The fourth-order valence-electron chi connectivity index (χ4n) is 2.25. The van der Waals surface area contributed by atoms with Gasteiger partial charge in [0.25, 0.3) is 0 Å². The Bertz CT molecular complexity index is 842. The lowest BCUT2D eigenvalue weighted by Crippen LogP contribution is -2.19. The maximum absolute atomic E-state index is 12.1. The molecule has 1 heterocycles. The third-order valence-corrected chi connectivity index (χ3v) is 4.25. The number of urea groups is 1. The van der Waals surface area contributed by atoms with Crippen LogP contribution in [-0.2, 0) is 0 Å². The highest BCUT2D eigenvalue weighted by atomic mass is 32.1. The number of benzene rings is 2. The van der Waals surface area contributed by atoms with Crippen molar-refractivity contribution in [2.75, 3.05) is 17.2 Å². The van der Waals surface area contributed by atoms with Crippen molar-refractivity contribution in [2.24, 2.45) is 0 Å². The fourth-order valence-corrected chi connectivity index (χ4v) is 2.96. The summed E-state index contributed by atoms with van der Waals surface area (Å²) in [6, 6.07) is 15.0. The molecule has 3 rings (SSSR count). The minimum absolute atomic E-state index is 0.325. The molecular weight excluding hydrogens is 334 g/mol. The summed E-state index contributed by atoms with van der Waals surface area (Å²) in [7, 11) is 0. The molecule has 0 aliphatic rings. The van der Waals surface area contributed by atoms with Gasteiger partial charge in [0.15, 0.2) is 5.13 Å². The van der Waals surface area contributed by atoms with E-state index >= 15 is 0 Å². The van der Waals surface area contributed by atoms with E-state index in [2.05, 4.69) is 15.6 Å². The second-order valence-corrected chi connectivity index (χ2v) is 6.30. The number of nitrogens with one attached hydrogen (secondary N) is 2. The van der Waals surface area contributed by atoms with Crippen LogP contribution in [-0.4, -0.2) is 17.6 Å². The van der Waals surface area contributed by atoms with E-state index < -0.39 is 0 Å². The minimum atomic E-state index is -0.325. The third kappa shape index (κ3) is 4.58. The standard InChI is InChI=1S/C19H19N3O2S/c1-3-24-16-10-8-15(9-11-16)20-18(23)22-19-21-17(12-25-19)14-6-4-13(2)5-7-14/h4-12H,3H2,1-2H3,(H2,20,21,22,23). The highest BCUT2D eigenvalue weighted by molar-refractivity contribution is 7.14. The van der Waals surface area contributed by atoms with Crippen molar-refractivity contribution in [1.29, 1.82) is 0 Å². The molecule has 0 aliphatic carbocycles. The smallest absolute Gasteiger partial charge is 0.325 e. The van der Waals surface area contributed by atoms with Gasteiger partial charge in [0.05, 0.1) is 12.3 Å². The van der Waals surface area contributed by atoms with Gasteiger partial charge in [0.1, 0.15) is 5.75 Å². The van der Waals surface area contributed by atoms with E-state index in [0.29, 0.717) is 17.4 Å². The second kappa shape index (κ2) is 7.81. The van der Waals surface area contributed by atoms with Crippen LogP contribution in [0.2, 0.25) is 0 Å². The number of carbonyl (C=O) groups is 1. The number of hydrogen-bond donors (Lipinski definition) is 2. The number of hydrogen-bond acceptors (Lipinski definition) is 4. The summed E-state index contributed by atoms with van der Waals surface area (Å²) < 4.78 is 5.38. The van der Waals surface area contributed by atoms with E-state index in [1.54, 1.807) is 12.1 Å². The largest absolute Gasteiger partial charge is 0.494 e. The normalized spacial score (nSPS) is 10.3. The number of rotatable bonds is 5. The first kappa shape index (κ1) is 17.0. The molecule has 0 radical (unpaired) electrons. The molecule has 0 spiro atoms. The average molecular weight is 353 g/mol. The molecule has 0 saturated carbocycles. The first-order valence-electron chi connectivity index (χ1n) is 7.97. The summed E-state index contributed by atoms with van der Waals surface area (Å²) in [6.07, 6.45) is 0. The van der Waals surface area contributed by atoms with Gasteiger partial charge in [-0.3, -0.25) is 5.32 Å². The van der Waals surface area contributed by atoms with Crippen molar-refractivity contribution in [3.8, 4) is 17.0 Å². The Balaban J connectivity index is 1.60. The Hall–Kier alpha value is -2.86. The SMILES string of the molecule is CCOc1ccc(NC(=O)Nc2nc(-c3ccc(C)cc3)cs2)cc1. The van der Waals surface area contributed by atoms with Gasteiger partial charge in [-0.2, -0.15) is 0 Å². The molecule has 0 saturated heterocycles. The maximum atomic E-state index is 12.1. The van der Waals surface area contributed by atoms with Gasteiger partial charge in [0, 0.05) is 16.6 Å². The van der Waals surface area contributed by atoms with Gasteiger partial charge in [-0.15, -0.1) is 11.3 Å². The maximum Gasteiger partial charge on any atom is 0.325 e. The Morgan fingerprint density at radius 1 is 1.08 bits per heavy atom. The lowest BCUT2D eigenvalue weighted by atomic mass is 10.1. The predicted molar refractivity (Wildman–Crippen MR) is 103 cm³/mol. The summed E-state index contributed by atoms with van der Waals surface area (Å²) in [5, 5.41) is 8.02. The van der Waals surface area contributed by atoms with Crippen molar-refractivity contribution < 1.29 is 9.53 Å². The number of carbonyl (C=O) groups excluding carboxylic acids is 1. The lowest BCUT2D eigenvalue weighted by Gasteiger charge is -2.07. The van der Waals surface area contributed by atoms with E-state index in [9.17, 15) is 4.79 Å². The van der Waals surface area contributed by atoms with Crippen molar-refractivity contribution in [1.82, 2.24) is 4.98 Å². The van der Waals surface area contributed by atoms with Gasteiger partial charge in [0.2, 0.25) is 0 Å². The molecule has 0 bridgehead atoms. The lowest BCUT2D eigenvalue weighted by molar-refractivity contribution is 0.262. The molecular formula is C19H19N3O2S. The highest BCUT2D eigenvalue weighted by Crippen LogP contribution is 2.25. The number of nitrogens with zero attached hydrogens (tertiary/aromatic N) is 1. The molecule has 2 N–H and O–H groups in total. The summed E-state index contributed by atoms with van der Waals surface area (Å²) >= 11 is 1.39. The van der Waals surface area contributed by atoms with Crippen molar-refractivity contribution in [2.45, 2.75) is 13.8 Å². The van der Waals surface area contributed by atoms with E-state index in [0.717, 1.165) is 17.0 Å². The fraction of sp³-hybridized carbons (Fsp3) is 0.158. The molecule has 0 unspecified atom stereocenters. The summed E-state index contributed by atoms with van der Waals surface area (Å²) in [5.74, 6) is 0.774. The van der Waals surface area contributed by atoms with Crippen molar-refractivity contribution in [3.63, 3.8) is 0 Å². The molecule has 0 atom stereocenters. The van der Waals surface area contributed by atoms with Gasteiger partial charge < -0.3 is 10.1 Å². The Labute approximate surface area is 150 Å². The predicted octanol–water partition coefficient (Wildman–Crippen LogP) is 5.16.